The van der Waals surface area contributed by atoms with E-state index in [1.165, 1.54) is 22.5 Å². The maximum atomic E-state index is 12.2. The minimum absolute atomic E-state index is 0.112. The number of hydrogen-bond donors (Lipinski definition) is 2. The van der Waals surface area contributed by atoms with Gasteiger partial charge in [0.25, 0.3) is 0 Å². The Bertz CT molecular complexity index is 713. The van der Waals surface area contributed by atoms with Crippen LogP contribution < -0.4 is 10.6 Å². The molecule has 24 heavy (non-hydrogen) atoms. The van der Waals surface area contributed by atoms with Crippen LogP contribution in [-0.4, -0.2) is 12.5 Å². The van der Waals surface area contributed by atoms with Crippen LogP contribution in [0.15, 0.2) is 35.7 Å². The number of thiophene rings is 1. The normalized spacial score (nSPS) is 12.0. The maximum Gasteiger partial charge on any atom is 0.238 e. The summed E-state index contributed by atoms with van der Waals surface area (Å²) in [6, 6.07) is 12.4. The number of nitrogens with one attached hydrogen (secondary N) is 2. The Hall–Kier alpha value is -2.16. The summed E-state index contributed by atoms with van der Waals surface area (Å²) in [4.78, 5) is 12.2. The number of carbonyl (C=O) groups is 1. The van der Waals surface area contributed by atoms with Gasteiger partial charge in [-0.1, -0.05) is 45.0 Å². The second-order valence-electron chi connectivity index (χ2n) is 6.02. The SMILES string of the molecule is CCc1ccc(C(NCC(=O)Nc2sccc2C#N)C(C)C)cc1. The molecule has 1 unspecified atom stereocenters. The van der Waals surface area contributed by atoms with Crippen LogP contribution in [0, 0.1) is 17.2 Å². The molecule has 0 bridgehead atoms. The average molecular weight is 341 g/mol. The fourth-order valence-corrected chi connectivity index (χ4v) is 3.32. The van der Waals surface area contributed by atoms with Gasteiger partial charge in [0.1, 0.15) is 11.1 Å². The van der Waals surface area contributed by atoms with Gasteiger partial charge in [-0.05, 0) is 34.9 Å². The molecule has 1 aromatic heterocycles. The molecule has 0 aliphatic heterocycles. The van der Waals surface area contributed by atoms with Gasteiger partial charge in [-0.3, -0.25) is 4.79 Å². The van der Waals surface area contributed by atoms with Gasteiger partial charge in [-0.25, -0.2) is 0 Å². The smallest absolute Gasteiger partial charge is 0.238 e. The monoisotopic (exact) mass is 341 g/mol. The van der Waals surface area contributed by atoms with Gasteiger partial charge in [-0.2, -0.15) is 5.26 Å². The van der Waals surface area contributed by atoms with E-state index in [2.05, 4.69) is 61.7 Å². The highest BCUT2D eigenvalue weighted by Gasteiger charge is 2.17. The van der Waals surface area contributed by atoms with Crippen molar-refractivity contribution in [3.8, 4) is 6.07 Å². The van der Waals surface area contributed by atoms with E-state index in [9.17, 15) is 4.79 Å². The Morgan fingerprint density at radius 3 is 2.54 bits per heavy atom. The fourth-order valence-electron chi connectivity index (χ4n) is 2.57. The molecule has 0 spiro atoms. The predicted octanol–water partition coefficient (Wildman–Crippen LogP) is 4.11. The van der Waals surface area contributed by atoms with Crippen LogP contribution in [0.1, 0.15) is 43.5 Å². The third-order valence-electron chi connectivity index (χ3n) is 3.93. The first kappa shape index (κ1) is 18.2. The summed E-state index contributed by atoms with van der Waals surface area (Å²) in [5.41, 5.74) is 2.99. The highest BCUT2D eigenvalue weighted by molar-refractivity contribution is 7.14. The molecule has 5 heteroatoms. The summed E-state index contributed by atoms with van der Waals surface area (Å²) < 4.78 is 0. The standard InChI is InChI=1S/C19H23N3OS/c1-4-14-5-7-15(8-6-14)18(13(2)3)21-12-17(23)22-19-16(11-20)9-10-24-19/h5-10,13,18,21H,4,12H2,1-3H3,(H,22,23). The van der Waals surface area contributed by atoms with E-state index in [0.717, 1.165) is 6.42 Å². The molecule has 0 fully saturated rings. The second-order valence-corrected chi connectivity index (χ2v) is 6.94. The van der Waals surface area contributed by atoms with Crippen LogP contribution in [0.2, 0.25) is 0 Å². The zero-order valence-electron chi connectivity index (χ0n) is 14.3. The molecule has 1 aromatic carbocycles. The second kappa shape index (κ2) is 8.62. The summed E-state index contributed by atoms with van der Waals surface area (Å²) in [5, 5.41) is 17.5. The van der Waals surface area contributed by atoms with Crippen LogP contribution in [0.4, 0.5) is 5.00 Å². The minimum Gasteiger partial charge on any atom is -0.315 e. The Morgan fingerprint density at radius 1 is 1.25 bits per heavy atom. The summed E-state index contributed by atoms with van der Waals surface area (Å²) >= 11 is 1.36. The Balaban J connectivity index is 1.98. The average Bonchev–Trinajstić information content (AvgIpc) is 3.02. The predicted molar refractivity (Wildman–Crippen MR) is 99.1 cm³/mol. The molecule has 2 N–H and O–H groups in total. The van der Waals surface area contributed by atoms with Crippen molar-refractivity contribution < 1.29 is 4.79 Å². The molecule has 1 heterocycles. The third-order valence-corrected chi connectivity index (χ3v) is 4.76. The molecule has 0 saturated heterocycles. The van der Waals surface area contributed by atoms with E-state index in [4.69, 9.17) is 5.26 Å². The molecule has 0 radical (unpaired) electrons. The van der Waals surface area contributed by atoms with Gasteiger partial charge in [0.05, 0.1) is 12.1 Å². The van der Waals surface area contributed by atoms with Gasteiger partial charge < -0.3 is 10.6 Å². The molecular weight excluding hydrogens is 318 g/mol. The number of amides is 1. The maximum absolute atomic E-state index is 12.2. The topological polar surface area (TPSA) is 64.9 Å². The van der Waals surface area contributed by atoms with Crippen molar-refractivity contribution >= 4 is 22.2 Å². The number of nitrogens with zero attached hydrogens (tertiary/aromatic N) is 1. The summed E-state index contributed by atoms with van der Waals surface area (Å²) in [6.07, 6.45) is 1.02. The van der Waals surface area contributed by atoms with Crippen molar-refractivity contribution in [1.29, 1.82) is 5.26 Å². The van der Waals surface area contributed by atoms with E-state index >= 15 is 0 Å². The minimum atomic E-state index is -0.134. The number of benzene rings is 1. The molecule has 0 aliphatic rings. The summed E-state index contributed by atoms with van der Waals surface area (Å²) in [7, 11) is 0. The van der Waals surface area contributed by atoms with Crippen LogP contribution in [0.5, 0.6) is 0 Å². The van der Waals surface area contributed by atoms with Gasteiger partial charge in [0.2, 0.25) is 5.91 Å². The van der Waals surface area contributed by atoms with E-state index in [-0.39, 0.29) is 18.5 Å². The van der Waals surface area contributed by atoms with Gasteiger partial charge in [0, 0.05) is 6.04 Å². The van der Waals surface area contributed by atoms with Gasteiger partial charge in [-0.15, -0.1) is 11.3 Å². The molecule has 1 amide bonds. The van der Waals surface area contributed by atoms with Crippen molar-refractivity contribution in [3.05, 3.63) is 52.4 Å². The van der Waals surface area contributed by atoms with Crippen molar-refractivity contribution in [3.63, 3.8) is 0 Å². The van der Waals surface area contributed by atoms with E-state index < -0.39 is 0 Å². The van der Waals surface area contributed by atoms with E-state index in [1.807, 2.05) is 0 Å². The zero-order valence-corrected chi connectivity index (χ0v) is 15.1. The quantitative estimate of drug-likeness (QED) is 0.796. The van der Waals surface area contributed by atoms with Gasteiger partial charge >= 0.3 is 0 Å². The molecule has 126 valence electrons. The zero-order chi connectivity index (χ0) is 17.5. The largest absolute Gasteiger partial charge is 0.315 e. The van der Waals surface area contributed by atoms with Gasteiger partial charge in [0.15, 0.2) is 0 Å². The fraction of sp³-hybridized carbons (Fsp3) is 0.368. The van der Waals surface area contributed by atoms with E-state index in [0.29, 0.717) is 16.5 Å². The van der Waals surface area contributed by atoms with Crippen molar-refractivity contribution in [2.24, 2.45) is 5.92 Å². The van der Waals surface area contributed by atoms with E-state index in [1.54, 1.807) is 11.4 Å². The molecule has 2 aromatic rings. The van der Waals surface area contributed by atoms with Crippen LogP contribution in [0.25, 0.3) is 0 Å². The number of anilines is 1. The van der Waals surface area contributed by atoms with Crippen molar-refractivity contribution in [1.82, 2.24) is 5.32 Å². The van der Waals surface area contributed by atoms with Crippen molar-refractivity contribution in [2.45, 2.75) is 33.2 Å². The molecule has 1 atom stereocenters. The summed E-state index contributed by atoms with van der Waals surface area (Å²) in [6.45, 7) is 6.62. The first-order valence-corrected chi connectivity index (χ1v) is 9.02. The van der Waals surface area contributed by atoms with Crippen LogP contribution in [-0.2, 0) is 11.2 Å². The number of carbonyl (C=O) groups excluding carboxylic acids is 1. The lowest BCUT2D eigenvalue weighted by Crippen LogP contribution is -2.33. The number of rotatable bonds is 7. The first-order valence-electron chi connectivity index (χ1n) is 8.14. The van der Waals surface area contributed by atoms with Crippen LogP contribution in [0.3, 0.4) is 0 Å². The Morgan fingerprint density at radius 2 is 1.96 bits per heavy atom. The van der Waals surface area contributed by atoms with Crippen molar-refractivity contribution in [2.75, 3.05) is 11.9 Å². The number of hydrogen-bond acceptors (Lipinski definition) is 4. The molecular formula is C19H23N3OS. The summed E-state index contributed by atoms with van der Waals surface area (Å²) in [5.74, 6) is 0.228. The third kappa shape index (κ3) is 4.67. The number of aryl methyl sites for hydroxylation is 1. The lowest BCUT2D eigenvalue weighted by atomic mass is 9.95. The number of nitriles is 1. The first-order chi connectivity index (χ1) is 11.5. The molecule has 0 aliphatic carbocycles. The Kier molecular flexibility index (Phi) is 6.53. The molecule has 0 saturated carbocycles. The highest BCUT2D eigenvalue weighted by atomic mass is 32.1. The lowest BCUT2D eigenvalue weighted by Gasteiger charge is -2.23. The highest BCUT2D eigenvalue weighted by Crippen LogP contribution is 2.23. The lowest BCUT2D eigenvalue weighted by molar-refractivity contribution is -0.115. The molecule has 4 nitrogen and oxygen atoms in total. The Labute approximate surface area is 147 Å². The molecule has 2 rings (SSSR count). The van der Waals surface area contributed by atoms with Crippen LogP contribution >= 0.6 is 11.3 Å².